The summed E-state index contributed by atoms with van der Waals surface area (Å²) in [6.07, 6.45) is 44.9. The van der Waals surface area contributed by atoms with Gasteiger partial charge in [0, 0.05) is 25.8 Å². The van der Waals surface area contributed by atoms with Crippen molar-refractivity contribution in [3.05, 3.63) is 48.6 Å². The lowest BCUT2D eigenvalue weighted by Crippen LogP contribution is -2.29. The Kier molecular flexibility index (Phi) is 35.0. The average Bonchev–Trinajstić information content (AvgIpc) is 3.05. The second-order valence-electron chi connectivity index (χ2n) is 13.3. The summed E-state index contributed by atoms with van der Waals surface area (Å²) in [4.78, 5) is 26.9. The van der Waals surface area contributed by atoms with Gasteiger partial charge in [-0.25, -0.2) is 0 Å². The van der Waals surface area contributed by atoms with Crippen LogP contribution in [0, 0.1) is 0 Å². The van der Waals surface area contributed by atoms with Crippen LogP contribution in [0.4, 0.5) is 0 Å². The number of nitrogens with zero attached hydrogens (tertiary/aromatic N) is 1. The molecule has 0 fully saturated rings. The summed E-state index contributed by atoms with van der Waals surface area (Å²) in [5, 5.41) is 0. The van der Waals surface area contributed by atoms with Crippen LogP contribution in [0.2, 0.25) is 0 Å². The smallest absolute Gasteiger partial charge is 0.306 e. The molecule has 1 unspecified atom stereocenters. The highest BCUT2D eigenvalue weighted by molar-refractivity contribution is 5.70. The van der Waals surface area contributed by atoms with Gasteiger partial charge in [0.25, 0.3) is 0 Å². The number of rotatable bonds is 34. The zero-order chi connectivity index (χ0) is 34.5. The molecule has 0 aliphatic carbocycles. The van der Waals surface area contributed by atoms with Crippen LogP contribution in [0.1, 0.15) is 174 Å². The van der Waals surface area contributed by atoms with Gasteiger partial charge < -0.3 is 14.4 Å². The number of ether oxygens (including phenoxy) is 2. The molecule has 0 aromatic carbocycles. The SMILES string of the molecule is CCCCC/C=C\C/C=C\CCCCCCCC(=O)OCC(CCN(C)C)OC(=O)CCCCCCC/C=C\C/C=C\CCCCC. The van der Waals surface area contributed by atoms with Crippen molar-refractivity contribution in [3.8, 4) is 0 Å². The number of hydrogen-bond acceptors (Lipinski definition) is 5. The summed E-state index contributed by atoms with van der Waals surface area (Å²) in [6.45, 7) is 5.42. The lowest BCUT2D eigenvalue weighted by Gasteiger charge is -2.20. The molecule has 0 radical (unpaired) electrons. The van der Waals surface area contributed by atoms with Gasteiger partial charge in [0.05, 0.1) is 0 Å². The number of allylic oxidation sites excluding steroid dienone is 8. The lowest BCUT2D eigenvalue weighted by atomic mass is 10.1. The lowest BCUT2D eigenvalue weighted by molar-refractivity contribution is -0.159. The summed E-state index contributed by atoms with van der Waals surface area (Å²) in [5.41, 5.74) is 0. The maximum atomic E-state index is 12.5. The Morgan fingerprint density at radius 3 is 1.38 bits per heavy atom. The van der Waals surface area contributed by atoms with E-state index in [1.165, 1.54) is 77.0 Å². The van der Waals surface area contributed by atoms with E-state index in [0.717, 1.165) is 70.8 Å². The Morgan fingerprint density at radius 1 is 0.532 bits per heavy atom. The summed E-state index contributed by atoms with van der Waals surface area (Å²) in [6, 6.07) is 0. The van der Waals surface area contributed by atoms with Crippen LogP contribution in [0.3, 0.4) is 0 Å². The first-order chi connectivity index (χ1) is 23.0. The monoisotopic (exact) mass is 658 g/mol. The molecule has 5 nitrogen and oxygen atoms in total. The van der Waals surface area contributed by atoms with E-state index < -0.39 is 0 Å². The number of unbranched alkanes of at least 4 members (excludes halogenated alkanes) is 16. The molecule has 0 aromatic rings. The summed E-state index contributed by atoms with van der Waals surface area (Å²) < 4.78 is 11.3. The standard InChI is InChI=1S/C42H75NO4/c1-5-7-9-11-13-15-17-19-21-23-25-27-29-31-33-35-41(44)46-39-40(37-38-43(3)4)47-42(45)36-34-32-30-28-26-24-22-20-18-16-14-12-10-8-6-2/h13-16,19-22,40H,5-12,17-18,23-39H2,1-4H3/b15-13-,16-14-,21-19-,22-20-. The second-order valence-corrected chi connectivity index (χ2v) is 13.3. The van der Waals surface area contributed by atoms with Gasteiger partial charge >= 0.3 is 11.9 Å². The van der Waals surface area contributed by atoms with Gasteiger partial charge in [0.1, 0.15) is 12.7 Å². The molecule has 0 aliphatic rings. The molecule has 0 aliphatic heterocycles. The van der Waals surface area contributed by atoms with Crippen molar-refractivity contribution in [2.75, 3.05) is 27.2 Å². The molecular weight excluding hydrogens is 582 g/mol. The molecule has 0 saturated heterocycles. The topological polar surface area (TPSA) is 55.8 Å². The zero-order valence-corrected chi connectivity index (χ0v) is 31.4. The molecule has 0 heterocycles. The first kappa shape index (κ1) is 44.9. The first-order valence-corrected chi connectivity index (χ1v) is 19.6. The minimum Gasteiger partial charge on any atom is -0.462 e. The van der Waals surface area contributed by atoms with Crippen molar-refractivity contribution < 1.29 is 19.1 Å². The van der Waals surface area contributed by atoms with Gasteiger partial charge in [0.2, 0.25) is 0 Å². The van der Waals surface area contributed by atoms with Crippen LogP contribution in [-0.2, 0) is 19.1 Å². The molecule has 0 rings (SSSR count). The van der Waals surface area contributed by atoms with E-state index >= 15 is 0 Å². The summed E-state index contributed by atoms with van der Waals surface area (Å²) >= 11 is 0. The number of esters is 2. The van der Waals surface area contributed by atoms with Crippen LogP contribution < -0.4 is 0 Å². The molecule has 0 saturated carbocycles. The maximum Gasteiger partial charge on any atom is 0.306 e. The van der Waals surface area contributed by atoms with Gasteiger partial charge in [-0.05, 0) is 91.1 Å². The number of carbonyl (C=O) groups is 2. The van der Waals surface area contributed by atoms with Gasteiger partial charge in [0.15, 0.2) is 0 Å². The number of carbonyl (C=O) groups excluding carboxylic acids is 2. The maximum absolute atomic E-state index is 12.5. The molecule has 0 bridgehead atoms. The van der Waals surface area contributed by atoms with Crippen molar-refractivity contribution in [2.45, 2.75) is 180 Å². The first-order valence-electron chi connectivity index (χ1n) is 19.6. The van der Waals surface area contributed by atoms with Gasteiger partial charge in [-0.3, -0.25) is 9.59 Å². The third-order valence-electron chi connectivity index (χ3n) is 8.29. The Morgan fingerprint density at radius 2 is 0.936 bits per heavy atom. The highest BCUT2D eigenvalue weighted by Gasteiger charge is 2.17. The Balaban J connectivity index is 3.92. The van der Waals surface area contributed by atoms with Crippen molar-refractivity contribution in [1.82, 2.24) is 4.90 Å². The minimum atomic E-state index is -0.378. The Hall–Kier alpha value is -2.14. The highest BCUT2D eigenvalue weighted by atomic mass is 16.6. The fourth-order valence-electron chi connectivity index (χ4n) is 5.24. The molecule has 5 heteroatoms. The molecular formula is C42H75NO4. The average molecular weight is 658 g/mol. The fourth-order valence-corrected chi connectivity index (χ4v) is 5.24. The predicted molar refractivity (Wildman–Crippen MR) is 203 cm³/mol. The highest BCUT2D eigenvalue weighted by Crippen LogP contribution is 2.12. The molecule has 1 atom stereocenters. The van der Waals surface area contributed by atoms with Crippen LogP contribution in [0.5, 0.6) is 0 Å². The molecule has 47 heavy (non-hydrogen) atoms. The molecule has 0 amide bonds. The quantitative estimate of drug-likeness (QED) is 0.0391. The van der Waals surface area contributed by atoms with E-state index in [1.54, 1.807) is 0 Å². The third-order valence-corrected chi connectivity index (χ3v) is 8.29. The van der Waals surface area contributed by atoms with Gasteiger partial charge in [-0.15, -0.1) is 0 Å². The van der Waals surface area contributed by atoms with Crippen LogP contribution in [-0.4, -0.2) is 50.2 Å². The molecule has 0 aromatic heterocycles. The van der Waals surface area contributed by atoms with Crippen molar-refractivity contribution in [2.24, 2.45) is 0 Å². The molecule has 272 valence electrons. The summed E-state index contributed by atoms with van der Waals surface area (Å²) in [5.74, 6) is -0.362. The van der Waals surface area contributed by atoms with E-state index in [9.17, 15) is 9.59 Å². The van der Waals surface area contributed by atoms with Gasteiger partial charge in [-0.1, -0.05) is 127 Å². The zero-order valence-electron chi connectivity index (χ0n) is 31.4. The van der Waals surface area contributed by atoms with E-state index in [4.69, 9.17) is 9.47 Å². The van der Waals surface area contributed by atoms with Crippen LogP contribution >= 0.6 is 0 Å². The van der Waals surface area contributed by atoms with E-state index in [1.807, 2.05) is 14.1 Å². The van der Waals surface area contributed by atoms with Crippen molar-refractivity contribution in [3.63, 3.8) is 0 Å². The van der Waals surface area contributed by atoms with E-state index in [-0.39, 0.29) is 24.6 Å². The van der Waals surface area contributed by atoms with Crippen molar-refractivity contribution >= 4 is 11.9 Å². The molecule has 0 N–H and O–H groups in total. The minimum absolute atomic E-state index is 0.154. The third kappa shape index (κ3) is 36.5. The predicted octanol–water partition coefficient (Wildman–Crippen LogP) is 12.0. The van der Waals surface area contributed by atoms with Crippen molar-refractivity contribution in [1.29, 1.82) is 0 Å². The fraction of sp³-hybridized carbons (Fsp3) is 0.762. The van der Waals surface area contributed by atoms with E-state index in [2.05, 4.69) is 67.4 Å². The van der Waals surface area contributed by atoms with E-state index in [0.29, 0.717) is 19.3 Å². The van der Waals surface area contributed by atoms with Crippen LogP contribution in [0.15, 0.2) is 48.6 Å². The van der Waals surface area contributed by atoms with Crippen LogP contribution in [0.25, 0.3) is 0 Å². The van der Waals surface area contributed by atoms with Gasteiger partial charge in [-0.2, -0.15) is 0 Å². The Labute approximate surface area is 291 Å². The second kappa shape index (κ2) is 36.7. The number of hydrogen-bond donors (Lipinski definition) is 0. The summed E-state index contributed by atoms with van der Waals surface area (Å²) in [7, 11) is 3.99. The largest absolute Gasteiger partial charge is 0.462 e. The normalized spacial score (nSPS) is 12.8. The Bertz CT molecular complexity index is 813. The molecule has 0 spiro atoms.